The molecule has 64 valence electrons. The van der Waals surface area contributed by atoms with Gasteiger partial charge in [0.2, 0.25) is 8.32 Å². The molecule has 0 saturated carbocycles. The lowest BCUT2D eigenvalue weighted by molar-refractivity contribution is -0.135. The van der Waals surface area contributed by atoms with Gasteiger partial charge in [-0.3, -0.25) is 0 Å². The van der Waals surface area contributed by atoms with Gasteiger partial charge in [0.25, 0.3) is 0 Å². The van der Waals surface area contributed by atoms with E-state index in [9.17, 15) is 4.79 Å². The molecule has 0 radical (unpaired) electrons. The van der Waals surface area contributed by atoms with Crippen LogP contribution in [0.25, 0.3) is 0 Å². The third-order valence-corrected chi connectivity index (χ3v) is 4.35. The Kier molecular flexibility index (Phi) is 3.48. The number of ether oxygens (including phenoxy) is 1. The molecule has 4 heteroatoms. The highest BCUT2D eigenvalue weighted by Crippen LogP contribution is 2.14. The summed E-state index contributed by atoms with van der Waals surface area (Å²) in [6.07, 6.45) is 0. The van der Waals surface area contributed by atoms with Crippen LogP contribution in [0.4, 0.5) is 0 Å². The van der Waals surface area contributed by atoms with E-state index in [-0.39, 0.29) is 5.97 Å². The molecule has 0 rings (SSSR count). The molecule has 11 heavy (non-hydrogen) atoms. The van der Waals surface area contributed by atoms with Crippen molar-refractivity contribution < 1.29 is 14.0 Å². The van der Waals surface area contributed by atoms with E-state index in [2.05, 4.69) is 11.3 Å². The molecule has 0 amide bonds. The van der Waals surface area contributed by atoms with Crippen molar-refractivity contribution >= 4 is 14.3 Å². The quantitative estimate of drug-likeness (QED) is 0.365. The predicted octanol–water partition coefficient (Wildman–Crippen LogP) is 1.11. The first-order valence-electron chi connectivity index (χ1n) is 3.28. The lowest BCUT2D eigenvalue weighted by Gasteiger charge is -2.20. The second-order valence-electron chi connectivity index (χ2n) is 2.68. The van der Waals surface area contributed by atoms with Crippen LogP contribution in [0.15, 0.2) is 11.8 Å². The second kappa shape index (κ2) is 3.68. The fraction of sp³-hybridized carbons (Fsp3) is 0.571. The van der Waals surface area contributed by atoms with Crippen molar-refractivity contribution in [2.45, 2.75) is 13.1 Å². The van der Waals surface area contributed by atoms with Gasteiger partial charge in [0.05, 0.1) is 7.11 Å². The number of esters is 1. The molecule has 0 N–H and O–H groups in total. The minimum absolute atomic E-state index is 0.372. The smallest absolute Gasteiger partial charge is 0.331 e. The average molecular weight is 174 g/mol. The SMILES string of the molecule is C=C(C(=O)OC)[Si](C)(C)OC. The second-order valence-corrected chi connectivity index (χ2v) is 6.72. The Labute approximate surface area is 68.1 Å². The first-order valence-corrected chi connectivity index (χ1v) is 6.19. The Morgan fingerprint density at radius 3 is 2.09 bits per heavy atom. The first kappa shape index (κ1) is 10.4. The van der Waals surface area contributed by atoms with Gasteiger partial charge in [0.15, 0.2) is 0 Å². The van der Waals surface area contributed by atoms with Crippen molar-refractivity contribution in [1.29, 1.82) is 0 Å². The lowest BCUT2D eigenvalue weighted by atomic mass is 10.6. The van der Waals surface area contributed by atoms with Gasteiger partial charge in [-0.25, -0.2) is 4.79 Å². The van der Waals surface area contributed by atoms with Gasteiger partial charge in [-0.2, -0.15) is 0 Å². The van der Waals surface area contributed by atoms with E-state index in [1.54, 1.807) is 7.11 Å². The van der Waals surface area contributed by atoms with Crippen LogP contribution in [0, 0.1) is 0 Å². The Morgan fingerprint density at radius 2 is 1.82 bits per heavy atom. The zero-order valence-electron chi connectivity index (χ0n) is 7.43. The summed E-state index contributed by atoms with van der Waals surface area (Å²) in [6.45, 7) is 7.42. The van der Waals surface area contributed by atoms with E-state index in [0.29, 0.717) is 5.20 Å². The molecule has 0 saturated heterocycles. The van der Waals surface area contributed by atoms with Gasteiger partial charge < -0.3 is 9.16 Å². The summed E-state index contributed by atoms with van der Waals surface area (Å²) in [5.74, 6) is -0.372. The third kappa shape index (κ3) is 2.47. The molecule has 0 aliphatic carbocycles. The standard InChI is InChI=1S/C7H14O3Si/c1-6(7(8)9-2)11(4,5)10-3/h1H2,2-5H3. The predicted molar refractivity (Wildman–Crippen MR) is 45.6 cm³/mol. The number of carbonyl (C=O) groups is 1. The molecule has 0 aliphatic heterocycles. The van der Waals surface area contributed by atoms with Crippen molar-refractivity contribution in [3.05, 3.63) is 11.8 Å². The van der Waals surface area contributed by atoms with Crippen LogP contribution >= 0.6 is 0 Å². The fourth-order valence-corrected chi connectivity index (χ4v) is 1.33. The minimum Gasteiger partial charge on any atom is -0.466 e. The fourth-order valence-electron chi connectivity index (χ4n) is 0.492. The van der Waals surface area contributed by atoms with Crippen molar-refractivity contribution in [2.24, 2.45) is 0 Å². The monoisotopic (exact) mass is 174 g/mol. The van der Waals surface area contributed by atoms with Crippen LogP contribution in [-0.4, -0.2) is 28.5 Å². The Hall–Kier alpha value is -0.613. The third-order valence-electron chi connectivity index (χ3n) is 1.67. The van der Waals surface area contributed by atoms with E-state index in [1.807, 2.05) is 13.1 Å². The minimum atomic E-state index is -2.03. The normalized spacial score (nSPS) is 10.9. The van der Waals surface area contributed by atoms with Crippen molar-refractivity contribution in [3.8, 4) is 0 Å². The highest BCUT2D eigenvalue weighted by atomic mass is 28.4. The molecule has 0 spiro atoms. The first-order chi connectivity index (χ1) is 4.95. The summed E-state index contributed by atoms with van der Waals surface area (Å²) in [4.78, 5) is 11.0. The Bertz CT molecular complexity index is 175. The van der Waals surface area contributed by atoms with E-state index in [0.717, 1.165) is 0 Å². The van der Waals surface area contributed by atoms with Crippen LogP contribution in [0.2, 0.25) is 13.1 Å². The zero-order chi connectivity index (χ0) is 9.07. The molecule has 0 aromatic rings. The maximum absolute atomic E-state index is 11.0. The highest BCUT2D eigenvalue weighted by molar-refractivity contribution is 6.82. The molecular weight excluding hydrogens is 160 g/mol. The van der Waals surface area contributed by atoms with Gasteiger partial charge >= 0.3 is 5.97 Å². The molecule has 0 heterocycles. The van der Waals surface area contributed by atoms with E-state index >= 15 is 0 Å². The van der Waals surface area contributed by atoms with Crippen molar-refractivity contribution in [2.75, 3.05) is 14.2 Å². The number of hydrogen-bond acceptors (Lipinski definition) is 3. The Balaban J connectivity index is 4.36. The number of hydrogen-bond donors (Lipinski definition) is 0. The topological polar surface area (TPSA) is 35.5 Å². The largest absolute Gasteiger partial charge is 0.466 e. The zero-order valence-corrected chi connectivity index (χ0v) is 8.43. The molecule has 3 nitrogen and oxygen atoms in total. The number of methoxy groups -OCH3 is 1. The molecule has 0 aromatic heterocycles. The molecule has 0 unspecified atom stereocenters. The average Bonchev–Trinajstić information content (AvgIpc) is 2.01. The summed E-state index contributed by atoms with van der Waals surface area (Å²) >= 11 is 0. The van der Waals surface area contributed by atoms with Crippen LogP contribution in [0.1, 0.15) is 0 Å². The van der Waals surface area contributed by atoms with Gasteiger partial charge in [0.1, 0.15) is 0 Å². The summed E-state index contributed by atoms with van der Waals surface area (Å²) in [5, 5.41) is 0.461. The summed E-state index contributed by atoms with van der Waals surface area (Å²) in [7, 11) is 0.891. The van der Waals surface area contributed by atoms with Crippen LogP contribution in [0.3, 0.4) is 0 Å². The molecular formula is C7H14O3Si. The molecule has 0 bridgehead atoms. The van der Waals surface area contributed by atoms with Gasteiger partial charge in [-0.05, 0) is 13.1 Å². The lowest BCUT2D eigenvalue weighted by Crippen LogP contribution is -2.35. The number of carbonyl (C=O) groups excluding carboxylic acids is 1. The summed E-state index contributed by atoms with van der Waals surface area (Å²) in [5.41, 5.74) is 0. The Morgan fingerprint density at radius 1 is 1.36 bits per heavy atom. The van der Waals surface area contributed by atoms with E-state index < -0.39 is 8.32 Å². The van der Waals surface area contributed by atoms with Crippen molar-refractivity contribution in [1.82, 2.24) is 0 Å². The van der Waals surface area contributed by atoms with Crippen LogP contribution < -0.4 is 0 Å². The van der Waals surface area contributed by atoms with E-state index in [1.165, 1.54) is 7.11 Å². The highest BCUT2D eigenvalue weighted by Gasteiger charge is 2.30. The molecule has 0 aliphatic rings. The van der Waals surface area contributed by atoms with E-state index in [4.69, 9.17) is 4.43 Å². The van der Waals surface area contributed by atoms with Crippen molar-refractivity contribution in [3.63, 3.8) is 0 Å². The number of rotatable bonds is 3. The molecule has 0 fully saturated rings. The van der Waals surface area contributed by atoms with Gasteiger partial charge in [-0.15, -0.1) is 0 Å². The summed E-state index contributed by atoms with van der Waals surface area (Å²) in [6, 6.07) is 0. The maximum Gasteiger partial charge on any atom is 0.331 e. The summed E-state index contributed by atoms with van der Waals surface area (Å²) < 4.78 is 9.68. The van der Waals surface area contributed by atoms with Gasteiger partial charge in [-0.1, -0.05) is 6.58 Å². The molecule has 0 atom stereocenters. The van der Waals surface area contributed by atoms with Crippen LogP contribution in [0.5, 0.6) is 0 Å². The van der Waals surface area contributed by atoms with Crippen LogP contribution in [-0.2, 0) is 14.0 Å². The molecule has 0 aromatic carbocycles. The maximum atomic E-state index is 11.0. The van der Waals surface area contributed by atoms with Gasteiger partial charge in [0, 0.05) is 12.3 Å².